The number of hydrogen-bond donors (Lipinski definition) is 2. The van der Waals surface area contributed by atoms with E-state index in [4.69, 9.17) is 9.84 Å². The molecule has 8 nitrogen and oxygen atoms in total. The number of halogens is 1. The maximum absolute atomic E-state index is 14.0. The Morgan fingerprint density at radius 2 is 1.94 bits per heavy atom. The summed E-state index contributed by atoms with van der Waals surface area (Å²) in [5, 5.41) is 23.7. The Kier molecular flexibility index (Phi) is 6.19. The van der Waals surface area contributed by atoms with Gasteiger partial charge < -0.3 is 15.2 Å². The van der Waals surface area contributed by atoms with Crippen molar-refractivity contribution in [2.75, 3.05) is 12.4 Å². The van der Waals surface area contributed by atoms with Crippen LogP contribution >= 0.6 is 0 Å². The third-order valence-corrected chi connectivity index (χ3v) is 6.42. The van der Waals surface area contributed by atoms with Crippen LogP contribution < -0.4 is 10.1 Å². The molecule has 35 heavy (non-hydrogen) atoms. The van der Waals surface area contributed by atoms with E-state index in [1.165, 1.54) is 6.07 Å². The molecule has 4 aromatic rings. The lowest BCUT2D eigenvalue weighted by molar-refractivity contribution is 0.0577. The molecule has 2 N–H and O–H groups in total. The highest BCUT2D eigenvalue weighted by Gasteiger charge is 2.27. The lowest BCUT2D eigenvalue weighted by atomic mass is 9.93. The second-order valence-electron chi connectivity index (χ2n) is 9.85. The van der Waals surface area contributed by atoms with Crippen molar-refractivity contribution >= 4 is 16.7 Å². The van der Waals surface area contributed by atoms with E-state index >= 15 is 0 Å². The fraction of sp³-hybridized carbons (Fsp3) is 0.423. The molecule has 0 spiro atoms. The van der Waals surface area contributed by atoms with Crippen LogP contribution in [0.15, 0.2) is 48.9 Å². The number of hydrogen-bond acceptors (Lipinski definition) is 6. The molecule has 1 fully saturated rings. The third-order valence-electron chi connectivity index (χ3n) is 6.42. The lowest BCUT2D eigenvalue weighted by Gasteiger charge is -2.29. The first kappa shape index (κ1) is 23.3. The van der Waals surface area contributed by atoms with Gasteiger partial charge in [-0.3, -0.25) is 9.36 Å². The van der Waals surface area contributed by atoms with Crippen molar-refractivity contribution in [3.8, 4) is 17.0 Å². The van der Waals surface area contributed by atoms with E-state index in [1.54, 1.807) is 42.9 Å². The molecular weight excluding hydrogens is 447 g/mol. The Bertz CT molecular complexity index is 1320. The van der Waals surface area contributed by atoms with Crippen LogP contribution in [0.4, 0.5) is 10.2 Å². The number of pyridine rings is 1. The molecule has 184 valence electrons. The predicted molar refractivity (Wildman–Crippen MR) is 133 cm³/mol. The van der Waals surface area contributed by atoms with E-state index in [9.17, 15) is 9.50 Å². The zero-order valence-electron chi connectivity index (χ0n) is 20.3. The average molecular weight is 479 g/mol. The van der Waals surface area contributed by atoms with Gasteiger partial charge in [-0.15, -0.1) is 0 Å². The van der Waals surface area contributed by atoms with Gasteiger partial charge in [0.25, 0.3) is 0 Å². The summed E-state index contributed by atoms with van der Waals surface area (Å²) in [6.45, 7) is 3.90. The SMILES string of the molecule is CNc1cc2c(cn1)c(-c1cnn(CC(C)(C)O)c1)nn2[C@H]1CC[C@@H](Oc2ccccc2F)CC1. The van der Waals surface area contributed by atoms with Crippen LogP contribution in [0.2, 0.25) is 0 Å². The van der Waals surface area contributed by atoms with Crippen LogP contribution in [0.3, 0.4) is 0 Å². The van der Waals surface area contributed by atoms with E-state index < -0.39 is 5.60 Å². The Morgan fingerprint density at radius 1 is 1.17 bits per heavy atom. The van der Waals surface area contributed by atoms with Crippen LogP contribution in [0, 0.1) is 5.82 Å². The van der Waals surface area contributed by atoms with Gasteiger partial charge in [-0.05, 0) is 51.7 Å². The number of aromatic nitrogens is 5. The molecule has 3 heterocycles. The Morgan fingerprint density at radius 3 is 2.66 bits per heavy atom. The van der Waals surface area contributed by atoms with Gasteiger partial charge in [-0.1, -0.05) is 12.1 Å². The molecule has 0 unspecified atom stereocenters. The van der Waals surface area contributed by atoms with Gasteiger partial charge in [0.1, 0.15) is 11.5 Å². The van der Waals surface area contributed by atoms with E-state index in [0.29, 0.717) is 12.3 Å². The zero-order valence-corrected chi connectivity index (χ0v) is 20.3. The zero-order chi connectivity index (χ0) is 24.6. The van der Waals surface area contributed by atoms with E-state index in [2.05, 4.69) is 20.1 Å². The minimum atomic E-state index is -0.864. The summed E-state index contributed by atoms with van der Waals surface area (Å²) in [4.78, 5) is 4.52. The topological polar surface area (TPSA) is 90.0 Å². The molecule has 3 aromatic heterocycles. The fourth-order valence-corrected chi connectivity index (χ4v) is 4.76. The maximum atomic E-state index is 14.0. The standard InChI is InChI=1S/C26H31FN6O2/c1-26(2,34)16-32-15-17(13-30-32)25-20-14-29-24(28-3)12-22(20)33(31-25)18-8-10-19(11-9-18)35-23-7-5-4-6-21(23)27/h4-7,12-15,18-19,34H,8-11,16H2,1-3H3,(H,28,29)/t18-,19+. The van der Waals surface area contributed by atoms with Gasteiger partial charge in [0.15, 0.2) is 11.6 Å². The Labute approximate surface area is 203 Å². The Balaban J connectivity index is 1.41. The summed E-state index contributed by atoms with van der Waals surface area (Å²) in [6, 6.07) is 8.79. The third kappa shape index (κ3) is 5.00. The van der Waals surface area contributed by atoms with Crippen LogP contribution in [-0.4, -0.2) is 48.4 Å². The summed E-state index contributed by atoms with van der Waals surface area (Å²) >= 11 is 0. The van der Waals surface area contributed by atoms with Crippen molar-refractivity contribution in [2.45, 2.75) is 63.8 Å². The van der Waals surface area contributed by atoms with Gasteiger partial charge in [-0.2, -0.15) is 10.2 Å². The molecular formula is C26H31FN6O2. The van der Waals surface area contributed by atoms with Gasteiger partial charge in [0.2, 0.25) is 0 Å². The van der Waals surface area contributed by atoms with Crippen molar-refractivity contribution in [1.82, 2.24) is 24.5 Å². The first-order valence-electron chi connectivity index (χ1n) is 12.0. The molecule has 0 amide bonds. The summed E-state index contributed by atoms with van der Waals surface area (Å²) in [7, 11) is 1.85. The minimum Gasteiger partial charge on any atom is -0.487 e. The first-order valence-corrected chi connectivity index (χ1v) is 12.0. The molecule has 1 aliphatic carbocycles. The van der Waals surface area contributed by atoms with Crippen LogP contribution in [0.5, 0.6) is 5.75 Å². The molecule has 1 saturated carbocycles. The molecule has 0 radical (unpaired) electrons. The van der Waals surface area contributed by atoms with E-state index in [0.717, 1.165) is 53.7 Å². The Hall–Kier alpha value is -3.46. The molecule has 1 aliphatic rings. The lowest BCUT2D eigenvalue weighted by Crippen LogP contribution is -2.26. The summed E-state index contributed by atoms with van der Waals surface area (Å²) in [5.41, 5.74) is 1.85. The first-order chi connectivity index (χ1) is 16.8. The number of nitrogens with zero attached hydrogens (tertiary/aromatic N) is 5. The number of fused-ring (bicyclic) bond motifs is 1. The highest BCUT2D eigenvalue weighted by Crippen LogP contribution is 2.36. The van der Waals surface area contributed by atoms with Crippen molar-refractivity contribution in [3.05, 3.63) is 54.7 Å². The average Bonchev–Trinajstić information content (AvgIpc) is 3.44. The molecule has 1 aromatic carbocycles. The van der Waals surface area contributed by atoms with Gasteiger partial charge >= 0.3 is 0 Å². The van der Waals surface area contributed by atoms with E-state index in [1.807, 2.05) is 25.5 Å². The van der Waals surface area contributed by atoms with Gasteiger partial charge in [0.05, 0.1) is 36.0 Å². The van der Waals surface area contributed by atoms with Crippen LogP contribution in [0.1, 0.15) is 45.6 Å². The number of rotatable bonds is 7. The number of anilines is 1. The number of nitrogens with one attached hydrogen (secondary N) is 1. The number of benzene rings is 1. The van der Waals surface area contributed by atoms with Crippen LogP contribution in [-0.2, 0) is 6.54 Å². The number of para-hydroxylation sites is 1. The summed E-state index contributed by atoms with van der Waals surface area (Å²) in [6.07, 6.45) is 8.93. The maximum Gasteiger partial charge on any atom is 0.165 e. The number of ether oxygens (including phenoxy) is 1. The highest BCUT2D eigenvalue weighted by atomic mass is 19.1. The normalized spacial score (nSPS) is 18.7. The van der Waals surface area contributed by atoms with Gasteiger partial charge in [0, 0.05) is 36.5 Å². The quantitative estimate of drug-likeness (QED) is 0.396. The second kappa shape index (κ2) is 9.30. The molecule has 0 saturated heterocycles. The van der Waals surface area contributed by atoms with Crippen molar-refractivity contribution < 1.29 is 14.2 Å². The molecule has 0 aliphatic heterocycles. The van der Waals surface area contributed by atoms with Crippen LogP contribution in [0.25, 0.3) is 22.2 Å². The van der Waals surface area contributed by atoms with Crippen molar-refractivity contribution in [3.63, 3.8) is 0 Å². The molecule has 9 heteroatoms. The predicted octanol–water partition coefficient (Wildman–Crippen LogP) is 4.81. The second-order valence-corrected chi connectivity index (χ2v) is 9.85. The molecule has 5 rings (SSSR count). The fourth-order valence-electron chi connectivity index (χ4n) is 4.76. The molecule has 0 atom stereocenters. The van der Waals surface area contributed by atoms with Crippen molar-refractivity contribution in [2.24, 2.45) is 0 Å². The monoisotopic (exact) mass is 478 g/mol. The largest absolute Gasteiger partial charge is 0.487 e. The summed E-state index contributed by atoms with van der Waals surface area (Å²) < 4.78 is 23.8. The smallest absolute Gasteiger partial charge is 0.165 e. The highest BCUT2D eigenvalue weighted by molar-refractivity contribution is 5.93. The van der Waals surface area contributed by atoms with Crippen molar-refractivity contribution in [1.29, 1.82) is 0 Å². The van der Waals surface area contributed by atoms with E-state index in [-0.39, 0.29) is 18.0 Å². The minimum absolute atomic E-state index is 0.0148. The van der Waals surface area contributed by atoms with Gasteiger partial charge in [-0.25, -0.2) is 9.37 Å². The summed E-state index contributed by atoms with van der Waals surface area (Å²) in [5.74, 6) is 0.768. The molecule has 0 bridgehead atoms. The number of aliphatic hydroxyl groups is 1.